The Hall–Kier alpha value is -3.93. The van der Waals surface area contributed by atoms with Crippen LogP contribution in [0.1, 0.15) is 16.1 Å². The van der Waals surface area contributed by atoms with Crippen LogP contribution >= 0.6 is 0 Å². The fraction of sp³-hybridized carbons (Fsp3) is 0.154. The average Bonchev–Trinajstić information content (AvgIpc) is 3.12. The van der Waals surface area contributed by atoms with Crippen molar-refractivity contribution in [3.63, 3.8) is 0 Å². The maximum Gasteiger partial charge on any atom is 0.355 e. The summed E-state index contributed by atoms with van der Waals surface area (Å²) >= 11 is 0. The number of rotatable bonds is 7. The lowest BCUT2D eigenvalue weighted by molar-refractivity contribution is 0.0591. The predicted molar refractivity (Wildman–Crippen MR) is 124 cm³/mol. The van der Waals surface area contributed by atoms with E-state index in [1.165, 1.54) is 24.8 Å². The zero-order chi connectivity index (χ0) is 22.5. The normalized spacial score (nSPS) is 10.7. The lowest BCUT2D eigenvalue weighted by Crippen LogP contribution is -2.13. The van der Waals surface area contributed by atoms with Gasteiger partial charge in [-0.1, -0.05) is 42.5 Å². The molecule has 0 amide bonds. The van der Waals surface area contributed by atoms with Gasteiger partial charge in [0, 0.05) is 37.1 Å². The molecule has 2 aromatic heterocycles. The van der Waals surface area contributed by atoms with Crippen LogP contribution in [0.25, 0.3) is 22.3 Å². The Morgan fingerprint density at radius 3 is 2.28 bits per heavy atom. The fourth-order valence-electron chi connectivity index (χ4n) is 3.89. The molecule has 0 unspecified atom stereocenters. The summed E-state index contributed by atoms with van der Waals surface area (Å²) in [5.74, 6) is 0.000422. The number of methoxy groups -OCH3 is 1. The van der Waals surface area contributed by atoms with Crippen molar-refractivity contribution in [2.45, 2.75) is 6.42 Å². The molecule has 32 heavy (non-hydrogen) atoms. The Morgan fingerprint density at radius 2 is 1.62 bits per heavy atom. The van der Waals surface area contributed by atoms with Crippen molar-refractivity contribution in [1.29, 1.82) is 0 Å². The molecule has 4 aromatic rings. The standard InChI is InChI=1S/C26H24FN3O2/c1-30-24(26(31)32-2)22(20-13-15-28-16-14-20)23(19-8-10-21(27)11-9-19)25(30)29-17-12-18-6-4-3-5-7-18/h3-11,13-16,29H,12,17H2,1-2H3. The van der Waals surface area contributed by atoms with Crippen molar-refractivity contribution in [1.82, 2.24) is 9.55 Å². The summed E-state index contributed by atoms with van der Waals surface area (Å²) in [7, 11) is 3.19. The number of pyridine rings is 1. The molecule has 0 aliphatic rings. The van der Waals surface area contributed by atoms with Crippen LogP contribution in [0.4, 0.5) is 10.2 Å². The molecule has 0 spiro atoms. The first-order valence-corrected chi connectivity index (χ1v) is 10.3. The summed E-state index contributed by atoms with van der Waals surface area (Å²) in [6, 6.07) is 20.2. The lowest BCUT2D eigenvalue weighted by atomic mass is 9.96. The maximum absolute atomic E-state index is 13.7. The molecule has 2 heterocycles. The molecule has 0 atom stereocenters. The Bertz CT molecular complexity index is 1200. The monoisotopic (exact) mass is 429 g/mol. The van der Waals surface area contributed by atoms with Crippen LogP contribution in [0.3, 0.4) is 0 Å². The second-order valence-corrected chi connectivity index (χ2v) is 7.40. The molecular weight excluding hydrogens is 405 g/mol. The number of benzene rings is 2. The number of halogens is 1. The van der Waals surface area contributed by atoms with Gasteiger partial charge in [0.05, 0.1) is 7.11 Å². The first-order valence-electron chi connectivity index (χ1n) is 10.3. The number of carbonyl (C=O) groups is 1. The second kappa shape index (κ2) is 9.47. The molecule has 0 aliphatic heterocycles. The van der Waals surface area contributed by atoms with Crippen LogP contribution in [0, 0.1) is 5.82 Å². The van der Waals surface area contributed by atoms with Gasteiger partial charge < -0.3 is 14.6 Å². The molecule has 0 bridgehead atoms. The Kier molecular flexibility index (Phi) is 6.31. The van der Waals surface area contributed by atoms with Gasteiger partial charge >= 0.3 is 5.97 Å². The lowest BCUT2D eigenvalue weighted by Gasteiger charge is -2.12. The van der Waals surface area contributed by atoms with E-state index < -0.39 is 5.97 Å². The second-order valence-electron chi connectivity index (χ2n) is 7.40. The number of hydrogen-bond donors (Lipinski definition) is 1. The molecular formula is C26H24FN3O2. The van der Waals surface area contributed by atoms with Crippen LogP contribution < -0.4 is 5.32 Å². The minimum absolute atomic E-state index is 0.318. The highest BCUT2D eigenvalue weighted by Gasteiger charge is 2.28. The van der Waals surface area contributed by atoms with Gasteiger partial charge in [-0.25, -0.2) is 9.18 Å². The quantitative estimate of drug-likeness (QED) is 0.403. The van der Waals surface area contributed by atoms with E-state index >= 15 is 0 Å². The van der Waals surface area contributed by atoms with E-state index in [1.807, 2.05) is 41.9 Å². The molecule has 0 saturated carbocycles. The van der Waals surface area contributed by atoms with E-state index in [-0.39, 0.29) is 5.82 Å². The number of aromatic nitrogens is 2. The molecule has 2 aromatic carbocycles. The number of esters is 1. The third kappa shape index (κ3) is 4.25. The number of nitrogens with one attached hydrogen (secondary N) is 1. The van der Waals surface area contributed by atoms with E-state index in [0.717, 1.165) is 34.5 Å². The summed E-state index contributed by atoms with van der Waals surface area (Å²) in [5.41, 5.74) is 4.78. The smallest absolute Gasteiger partial charge is 0.355 e. The Labute approximate surface area is 186 Å². The summed E-state index contributed by atoms with van der Waals surface area (Å²) < 4.78 is 20.6. The molecule has 0 saturated heterocycles. The number of ether oxygens (including phenoxy) is 1. The summed E-state index contributed by atoms with van der Waals surface area (Å²) in [6.07, 6.45) is 4.17. The Balaban J connectivity index is 1.86. The molecule has 0 radical (unpaired) electrons. The molecule has 0 aliphatic carbocycles. The third-order valence-corrected chi connectivity index (χ3v) is 5.42. The average molecular weight is 429 g/mol. The molecule has 4 rings (SSSR count). The number of carbonyl (C=O) groups excluding carboxylic acids is 1. The van der Waals surface area contributed by atoms with E-state index in [0.29, 0.717) is 12.2 Å². The third-order valence-electron chi connectivity index (χ3n) is 5.42. The van der Waals surface area contributed by atoms with E-state index in [1.54, 1.807) is 24.5 Å². The van der Waals surface area contributed by atoms with Gasteiger partial charge in [-0.2, -0.15) is 0 Å². The number of anilines is 1. The van der Waals surface area contributed by atoms with Gasteiger partial charge in [-0.3, -0.25) is 4.98 Å². The van der Waals surface area contributed by atoms with Crippen molar-refractivity contribution in [2.24, 2.45) is 7.05 Å². The highest BCUT2D eigenvalue weighted by atomic mass is 19.1. The van der Waals surface area contributed by atoms with Crippen molar-refractivity contribution in [3.8, 4) is 22.3 Å². The molecule has 0 fully saturated rings. The first-order chi connectivity index (χ1) is 15.6. The van der Waals surface area contributed by atoms with Gasteiger partial charge in [-0.05, 0) is 47.4 Å². The van der Waals surface area contributed by atoms with Crippen LogP contribution in [0.2, 0.25) is 0 Å². The topological polar surface area (TPSA) is 56.1 Å². The minimum Gasteiger partial charge on any atom is -0.464 e. The van der Waals surface area contributed by atoms with Gasteiger partial charge in [-0.15, -0.1) is 0 Å². The van der Waals surface area contributed by atoms with Crippen LogP contribution in [0.5, 0.6) is 0 Å². The van der Waals surface area contributed by atoms with Crippen LogP contribution in [-0.4, -0.2) is 29.2 Å². The summed E-state index contributed by atoms with van der Waals surface area (Å²) in [5, 5.41) is 3.50. The largest absolute Gasteiger partial charge is 0.464 e. The van der Waals surface area contributed by atoms with Crippen molar-refractivity contribution < 1.29 is 13.9 Å². The van der Waals surface area contributed by atoms with Gasteiger partial charge in [0.15, 0.2) is 0 Å². The van der Waals surface area contributed by atoms with Gasteiger partial charge in [0.1, 0.15) is 17.3 Å². The highest BCUT2D eigenvalue weighted by molar-refractivity contribution is 6.05. The molecule has 162 valence electrons. The van der Waals surface area contributed by atoms with Gasteiger partial charge in [0.2, 0.25) is 0 Å². The Morgan fingerprint density at radius 1 is 0.969 bits per heavy atom. The summed E-state index contributed by atoms with van der Waals surface area (Å²) in [6.45, 7) is 0.659. The van der Waals surface area contributed by atoms with Crippen LogP contribution in [-0.2, 0) is 18.2 Å². The molecule has 1 N–H and O–H groups in total. The van der Waals surface area contributed by atoms with E-state index in [2.05, 4.69) is 22.4 Å². The first kappa shape index (κ1) is 21.3. The predicted octanol–water partition coefficient (Wildman–Crippen LogP) is 5.33. The van der Waals surface area contributed by atoms with Gasteiger partial charge in [0.25, 0.3) is 0 Å². The van der Waals surface area contributed by atoms with E-state index in [9.17, 15) is 9.18 Å². The molecule has 5 nitrogen and oxygen atoms in total. The van der Waals surface area contributed by atoms with Crippen LogP contribution in [0.15, 0.2) is 79.1 Å². The maximum atomic E-state index is 13.7. The fourth-order valence-corrected chi connectivity index (χ4v) is 3.89. The zero-order valence-corrected chi connectivity index (χ0v) is 18.0. The molecule has 6 heteroatoms. The minimum atomic E-state index is -0.446. The van der Waals surface area contributed by atoms with Crippen molar-refractivity contribution in [2.75, 3.05) is 19.0 Å². The van der Waals surface area contributed by atoms with Crippen molar-refractivity contribution in [3.05, 3.63) is 96.2 Å². The number of hydrogen-bond acceptors (Lipinski definition) is 4. The SMILES string of the molecule is COC(=O)c1c(-c2ccncc2)c(-c2ccc(F)cc2)c(NCCc2ccccc2)n1C. The highest BCUT2D eigenvalue weighted by Crippen LogP contribution is 2.42. The summed E-state index contributed by atoms with van der Waals surface area (Å²) in [4.78, 5) is 16.9. The zero-order valence-electron chi connectivity index (χ0n) is 18.0. The van der Waals surface area contributed by atoms with E-state index in [4.69, 9.17) is 4.74 Å². The number of nitrogens with zero attached hydrogens (tertiary/aromatic N) is 2. The van der Waals surface area contributed by atoms with Crippen molar-refractivity contribution >= 4 is 11.8 Å².